The molecule has 0 bridgehead atoms. The number of nitrogens with one attached hydrogen (secondary N) is 5. The average Bonchev–Trinajstić information content (AvgIpc) is 3.09. The Kier molecular flexibility index (Phi) is 18.4. The zero-order valence-corrected chi connectivity index (χ0v) is 30.4. The molecular formula is C38H56N6O7. The molecule has 0 radical (unpaired) electrons. The third-order valence-electron chi connectivity index (χ3n) is 8.32. The lowest BCUT2D eigenvalue weighted by atomic mass is 9.98. The molecule has 2 rings (SSSR count). The van der Waals surface area contributed by atoms with E-state index in [2.05, 4.69) is 26.6 Å². The molecule has 2 aromatic rings. The molecule has 5 atom stereocenters. The molecule has 0 aliphatic rings. The van der Waals surface area contributed by atoms with Gasteiger partial charge in [-0.05, 0) is 55.2 Å². The number of aliphatic carboxylic acids is 1. The average molecular weight is 709 g/mol. The van der Waals surface area contributed by atoms with E-state index in [1.54, 1.807) is 75.4 Å². The van der Waals surface area contributed by atoms with E-state index >= 15 is 0 Å². The molecule has 0 aliphatic heterocycles. The van der Waals surface area contributed by atoms with Gasteiger partial charge in [0.25, 0.3) is 0 Å². The number of amides is 5. The number of carboxylic acid groups (broad SMARTS) is 1. The van der Waals surface area contributed by atoms with Crippen LogP contribution in [-0.2, 0) is 41.6 Å². The number of unbranched alkanes of at least 4 members (excludes halogenated alkanes) is 1. The SMILES string of the molecule is CCC(=O)N[C@@H](CCCCN)C(=O)N[C@@H](CC(C)C)C(=O)N[C@H](C(=O)N[C@@H](Cc1ccccc1)C(=O)N[C@@H](Cc1ccccc1)C(=O)O)C(C)C. The van der Waals surface area contributed by atoms with Crippen molar-refractivity contribution in [2.45, 2.75) is 110 Å². The number of rotatable bonds is 22. The standard InChI is InChI=1S/C38H56N6O7/c1-6-32(45)40-28(19-13-14-20-39)34(46)41-29(21-24(2)3)36(48)44-33(25(4)5)37(49)42-30(22-26-15-9-7-10-16-26)35(47)43-31(38(50)51)23-27-17-11-8-12-18-27/h7-12,15-18,24-25,28-31,33H,6,13-14,19-23,39H2,1-5H3,(H,40,45)(H,41,46)(H,42,49)(H,43,47)(H,44,48)(H,50,51)/t28-,29-,30-,31-,33-/m0/s1. The number of benzene rings is 2. The molecule has 0 fully saturated rings. The molecule has 0 saturated heterocycles. The number of carbonyl (C=O) groups is 6. The second-order valence-electron chi connectivity index (χ2n) is 13.5. The number of nitrogens with two attached hydrogens (primary N) is 1. The van der Waals surface area contributed by atoms with Crippen molar-refractivity contribution in [3.05, 3.63) is 71.8 Å². The number of hydrogen-bond donors (Lipinski definition) is 7. The van der Waals surface area contributed by atoms with Gasteiger partial charge < -0.3 is 37.4 Å². The topological polar surface area (TPSA) is 209 Å². The van der Waals surface area contributed by atoms with E-state index in [1.165, 1.54) is 0 Å². The van der Waals surface area contributed by atoms with Crippen LogP contribution in [0.15, 0.2) is 60.7 Å². The first-order valence-electron chi connectivity index (χ1n) is 17.8. The normalized spacial score (nSPS) is 14.0. The van der Waals surface area contributed by atoms with Gasteiger partial charge in [-0.15, -0.1) is 0 Å². The zero-order valence-electron chi connectivity index (χ0n) is 30.4. The largest absolute Gasteiger partial charge is 0.480 e. The summed E-state index contributed by atoms with van der Waals surface area (Å²) >= 11 is 0. The van der Waals surface area contributed by atoms with Crippen molar-refractivity contribution in [3.63, 3.8) is 0 Å². The minimum atomic E-state index is -1.25. The van der Waals surface area contributed by atoms with Gasteiger partial charge in [-0.2, -0.15) is 0 Å². The van der Waals surface area contributed by atoms with Crippen LogP contribution in [-0.4, -0.2) is 77.4 Å². The van der Waals surface area contributed by atoms with Crippen LogP contribution in [0, 0.1) is 11.8 Å². The Hall–Kier alpha value is -4.78. The van der Waals surface area contributed by atoms with Crippen LogP contribution in [0.3, 0.4) is 0 Å². The second kappa shape index (κ2) is 22.1. The molecule has 51 heavy (non-hydrogen) atoms. The van der Waals surface area contributed by atoms with E-state index in [4.69, 9.17) is 5.73 Å². The molecule has 0 spiro atoms. The van der Waals surface area contributed by atoms with Gasteiger partial charge in [0, 0.05) is 19.3 Å². The third-order valence-corrected chi connectivity index (χ3v) is 8.32. The van der Waals surface area contributed by atoms with Gasteiger partial charge in [0.15, 0.2) is 0 Å². The van der Waals surface area contributed by atoms with E-state index in [-0.39, 0.29) is 37.5 Å². The summed E-state index contributed by atoms with van der Waals surface area (Å²) in [4.78, 5) is 79.0. The highest BCUT2D eigenvalue weighted by Gasteiger charge is 2.34. The number of carbonyl (C=O) groups excluding carboxylic acids is 5. The smallest absolute Gasteiger partial charge is 0.326 e. The van der Waals surface area contributed by atoms with Gasteiger partial charge >= 0.3 is 5.97 Å². The quantitative estimate of drug-likeness (QED) is 0.0901. The van der Waals surface area contributed by atoms with Crippen LogP contribution in [0.1, 0.15) is 77.8 Å². The lowest BCUT2D eigenvalue weighted by Gasteiger charge is -2.29. The van der Waals surface area contributed by atoms with Crippen molar-refractivity contribution < 1.29 is 33.9 Å². The van der Waals surface area contributed by atoms with Crippen LogP contribution < -0.4 is 32.3 Å². The fourth-order valence-corrected chi connectivity index (χ4v) is 5.46. The first kappa shape index (κ1) is 42.4. The lowest BCUT2D eigenvalue weighted by Crippen LogP contribution is -2.60. The summed E-state index contributed by atoms with van der Waals surface area (Å²) in [6.45, 7) is 9.38. The van der Waals surface area contributed by atoms with Crippen molar-refractivity contribution in [3.8, 4) is 0 Å². The Balaban J connectivity index is 2.28. The monoisotopic (exact) mass is 708 g/mol. The predicted molar refractivity (Wildman–Crippen MR) is 195 cm³/mol. The molecule has 0 saturated carbocycles. The van der Waals surface area contributed by atoms with Crippen molar-refractivity contribution >= 4 is 35.5 Å². The molecule has 13 nitrogen and oxygen atoms in total. The van der Waals surface area contributed by atoms with Gasteiger partial charge in [-0.1, -0.05) is 95.3 Å². The van der Waals surface area contributed by atoms with Crippen molar-refractivity contribution in [2.24, 2.45) is 17.6 Å². The van der Waals surface area contributed by atoms with Crippen molar-refractivity contribution in [2.75, 3.05) is 6.54 Å². The Morgan fingerprint density at radius 2 is 1.12 bits per heavy atom. The molecule has 0 aromatic heterocycles. The summed E-state index contributed by atoms with van der Waals surface area (Å²) in [5, 5.41) is 23.5. The first-order chi connectivity index (χ1) is 24.2. The molecular weight excluding hydrogens is 652 g/mol. The molecule has 13 heteroatoms. The number of hydrogen-bond acceptors (Lipinski definition) is 7. The molecule has 5 amide bonds. The van der Waals surface area contributed by atoms with Gasteiger partial charge in [-0.25, -0.2) is 4.79 Å². The second-order valence-corrected chi connectivity index (χ2v) is 13.5. The van der Waals surface area contributed by atoms with Crippen LogP contribution in [0.2, 0.25) is 0 Å². The van der Waals surface area contributed by atoms with E-state index in [1.807, 2.05) is 19.9 Å². The van der Waals surface area contributed by atoms with E-state index < -0.39 is 65.7 Å². The predicted octanol–water partition coefficient (Wildman–Crippen LogP) is 2.22. The van der Waals surface area contributed by atoms with Gasteiger partial charge in [0.05, 0.1) is 0 Å². The Labute approximate surface area is 301 Å². The highest BCUT2D eigenvalue weighted by atomic mass is 16.4. The molecule has 0 heterocycles. The van der Waals surface area contributed by atoms with Gasteiger partial charge in [0.1, 0.15) is 30.2 Å². The van der Waals surface area contributed by atoms with Crippen LogP contribution in [0.4, 0.5) is 0 Å². The maximum Gasteiger partial charge on any atom is 0.326 e. The van der Waals surface area contributed by atoms with Gasteiger partial charge in [-0.3, -0.25) is 24.0 Å². The number of carboxylic acids is 1. The molecule has 0 unspecified atom stereocenters. The van der Waals surface area contributed by atoms with Crippen LogP contribution >= 0.6 is 0 Å². The fourth-order valence-electron chi connectivity index (χ4n) is 5.46. The van der Waals surface area contributed by atoms with Crippen LogP contribution in [0.5, 0.6) is 0 Å². The first-order valence-corrected chi connectivity index (χ1v) is 17.8. The summed E-state index contributed by atoms with van der Waals surface area (Å²) in [5.41, 5.74) is 7.06. The highest BCUT2D eigenvalue weighted by Crippen LogP contribution is 2.12. The maximum absolute atomic E-state index is 13.8. The Bertz CT molecular complexity index is 1420. The third kappa shape index (κ3) is 15.3. The summed E-state index contributed by atoms with van der Waals surface area (Å²) in [6, 6.07) is 12.5. The van der Waals surface area contributed by atoms with Crippen molar-refractivity contribution in [1.29, 1.82) is 0 Å². The molecule has 280 valence electrons. The fraction of sp³-hybridized carbons (Fsp3) is 0.526. The minimum Gasteiger partial charge on any atom is -0.480 e. The Morgan fingerprint density at radius 1 is 0.627 bits per heavy atom. The maximum atomic E-state index is 13.8. The highest BCUT2D eigenvalue weighted by molar-refractivity contribution is 5.96. The molecule has 0 aliphatic carbocycles. The zero-order chi connectivity index (χ0) is 37.9. The van der Waals surface area contributed by atoms with Crippen LogP contribution in [0.25, 0.3) is 0 Å². The summed E-state index contributed by atoms with van der Waals surface area (Å²) in [6.07, 6.45) is 2.17. The summed E-state index contributed by atoms with van der Waals surface area (Å²) in [5.74, 6) is -4.40. The van der Waals surface area contributed by atoms with E-state index in [9.17, 15) is 33.9 Å². The van der Waals surface area contributed by atoms with Crippen molar-refractivity contribution in [1.82, 2.24) is 26.6 Å². The summed E-state index contributed by atoms with van der Waals surface area (Å²) in [7, 11) is 0. The van der Waals surface area contributed by atoms with E-state index in [0.29, 0.717) is 31.4 Å². The van der Waals surface area contributed by atoms with Gasteiger partial charge in [0.2, 0.25) is 29.5 Å². The summed E-state index contributed by atoms with van der Waals surface area (Å²) < 4.78 is 0. The Morgan fingerprint density at radius 3 is 1.61 bits per heavy atom. The minimum absolute atomic E-state index is 0.00897. The molecule has 2 aromatic carbocycles. The lowest BCUT2D eigenvalue weighted by molar-refractivity contribution is -0.142. The van der Waals surface area contributed by atoms with E-state index in [0.717, 1.165) is 5.56 Å². The molecule has 8 N–H and O–H groups in total.